The van der Waals surface area contributed by atoms with Crippen LogP contribution in [0.25, 0.3) is 10.2 Å². The Balaban J connectivity index is 0.00000289. The number of thiazole rings is 1. The normalized spacial score (nSPS) is 11.7. The number of aromatic hydroxyl groups is 1. The zero-order valence-electron chi connectivity index (χ0n) is 19.3. The molecule has 0 spiro atoms. The Bertz CT molecular complexity index is 1040. The number of hydrogen-bond acceptors (Lipinski definition) is 7. The minimum Gasteiger partial charge on any atom is -0.506 e. The van der Waals surface area contributed by atoms with Crippen LogP contribution in [-0.2, 0) is 17.7 Å². The van der Waals surface area contributed by atoms with Crippen molar-refractivity contribution in [2.75, 3.05) is 32.8 Å². The summed E-state index contributed by atoms with van der Waals surface area (Å²) < 4.78 is 6.09. The molecule has 0 aliphatic carbocycles. The Morgan fingerprint density at radius 1 is 1.09 bits per heavy atom. The van der Waals surface area contributed by atoms with Crippen molar-refractivity contribution in [1.29, 1.82) is 0 Å². The monoisotopic (exact) mass is 531 g/mol. The lowest BCUT2D eigenvalue weighted by molar-refractivity contribution is 0.132. The first kappa shape index (κ1) is 30.4. The van der Waals surface area contributed by atoms with Crippen LogP contribution in [-0.4, -0.2) is 48.0 Å². The first-order valence-corrected chi connectivity index (χ1v) is 12.0. The second-order valence-corrected chi connectivity index (χ2v) is 8.81. The number of phenols is 1. The number of aliphatic hydroxyl groups excluding tert-OH is 1. The summed E-state index contributed by atoms with van der Waals surface area (Å²) in [7, 11) is 0. The lowest BCUT2D eigenvalue weighted by atomic mass is 10.1. The molecule has 10 heteroatoms. The van der Waals surface area contributed by atoms with E-state index in [0.717, 1.165) is 63.4 Å². The molecule has 0 radical (unpaired) electrons. The molecule has 1 heterocycles. The predicted octanol–water partition coefficient (Wildman–Crippen LogP) is 3.91. The van der Waals surface area contributed by atoms with Gasteiger partial charge in [0.25, 0.3) is 0 Å². The first-order valence-electron chi connectivity index (χ1n) is 11.2. The fraction of sp³-hybridized carbons (Fsp3) is 0.458. The molecule has 34 heavy (non-hydrogen) atoms. The second kappa shape index (κ2) is 16.1. The number of nitrogens with one attached hydrogen (secondary N) is 3. The van der Waals surface area contributed by atoms with E-state index < -0.39 is 6.10 Å². The van der Waals surface area contributed by atoms with Crippen LogP contribution in [0.15, 0.2) is 41.2 Å². The maximum absolute atomic E-state index is 11.6. The average molecular weight is 533 g/mol. The number of halogens is 2. The molecule has 190 valence electrons. The SMILES string of the molecule is CCCOCCCNCc1cccc(CCNCC(O)c2ccc(O)c3[nH]c(=O)sc23)c1.Cl.Cl. The standard InChI is InChI=1S/C24H33N3O4S.2ClH/c1-2-12-31-13-4-10-25-15-18-6-3-5-17(14-18)9-11-26-16-21(29)19-7-8-20(28)22-23(19)32-24(30)27-22;;/h3,5-8,14,21,25-26,28-29H,2,4,9-13,15-16H2,1H3,(H,27,30);2*1H. The minimum absolute atomic E-state index is 0. The summed E-state index contributed by atoms with van der Waals surface area (Å²) in [5, 5.41) is 27.2. The fourth-order valence-corrected chi connectivity index (χ4v) is 4.47. The molecule has 0 amide bonds. The molecule has 0 bridgehead atoms. The van der Waals surface area contributed by atoms with Crippen LogP contribution in [0.1, 0.15) is 42.6 Å². The van der Waals surface area contributed by atoms with Gasteiger partial charge in [0.2, 0.25) is 0 Å². The van der Waals surface area contributed by atoms with Crippen LogP contribution in [0.2, 0.25) is 0 Å². The van der Waals surface area contributed by atoms with E-state index in [1.165, 1.54) is 17.2 Å². The number of hydrogen-bond donors (Lipinski definition) is 5. The molecule has 0 fully saturated rings. The van der Waals surface area contributed by atoms with Gasteiger partial charge >= 0.3 is 4.87 Å². The van der Waals surface area contributed by atoms with E-state index in [1.54, 1.807) is 6.07 Å². The van der Waals surface area contributed by atoms with Crippen molar-refractivity contribution >= 4 is 46.4 Å². The third-order valence-corrected chi connectivity index (χ3v) is 6.12. The smallest absolute Gasteiger partial charge is 0.305 e. The zero-order chi connectivity index (χ0) is 22.8. The number of H-pyrrole nitrogens is 1. The van der Waals surface area contributed by atoms with Crippen molar-refractivity contribution < 1.29 is 14.9 Å². The Kier molecular flexibility index (Phi) is 14.4. The Labute approximate surface area is 216 Å². The summed E-state index contributed by atoms with van der Waals surface area (Å²) in [4.78, 5) is 14.0. The fourth-order valence-electron chi connectivity index (χ4n) is 3.56. The molecule has 3 rings (SSSR count). The average Bonchev–Trinajstić information content (AvgIpc) is 3.19. The quantitative estimate of drug-likeness (QED) is 0.202. The van der Waals surface area contributed by atoms with E-state index in [2.05, 4.69) is 46.8 Å². The van der Waals surface area contributed by atoms with Gasteiger partial charge in [0, 0.05) is 31.9 Å². The van der Waals surface area contributed by atoms with E-state index in [0.29, 0.717) is 22.3 Å². The third-order valence-electron chi connectivity index (χ3n) is 5.19. The van der Waals surface area contributed by atoms with E-state index >= 15 is 0 Å². The molecule has 2 aromatic carbocycles. The van der Waals surface area contributed by atoms with Gasteiger partial charge in [0.15, 0.2) is 0 Å². The van der Waals surface area contributed by atoms with E-state index in [-0.39, 0.29) is 35.4 Å². The number of aromatic amines is 1. The minimum atomic E-state index is -0.763. The van der Waals surface area contributed by atoms with Gasteiger partial charge in [-0.05, 0) is 49.5 Å². The van der Waals surface area contributed by atoms with Crippen LogP contribution in [0.3, 0.4) is 0 Å². The molecule has 0 aliphatic rings. The summed E-state index contributed by atoms with van der Waals surface area (Å²) >= 11 is 1.000. The summed E-state index contributed by atoms with van der Waals surface area (Å²) in [6, 6.07) is 11.7. The van der Waals surface area contributed by atoms with Crippen molar-refractivity contribution in [2.24, 2.45) is 0 Å². The van der Waals surface area contributed by atoms with Crippen LogP contribution < -0.4 is 15.5 Å². The van der Waals surface area contributed by atoms with Gasteiger partial charge < -0.3 is 30.6 Å². The second-order valence-electron chi connectivity index (χ2n) is 7.83. The summed E-state index contributed by atoms with van der Waals surface area (Å²) in [5.74, 6) is 0.0152. The number of rotatable bonds is 14. The van der Waals surface area contributed by atoms with Crippen LogP contribution in [0, 0.1) is 0 Å². The number of benzene rings is 2. The number of aromatic nitrogens is 1. The van der Waals surface area contributed by atoms with E-state index in [4.69, 9.17) is 4.74 Å². The maximum atomic E-state index is 11.6. The van der Waals surface area contributed by atoms with Crippen molar-refractivity contribution in [3.63, 3.8) is 0 Å². The van der Waals surface area contributed by atoms with Crippen LogP contribution in [0.4, 0.5) is 0 Å². The molecule has 1 aromatic heterocycles. The molecule has 7 nitrogen and oxygen atoms in total. The highest BCUT2D eigenvalue weighted by Gasteiger charge is 2.15. The highest BCUT2D eigenvalue weighted by molar-refractivity contribution is 7.16. The molecular weight excluding hydrogens is 497 g/mol. The van der Waals surface area contributed by atoms with Gasteiger partial charge in [-0.1, -0.05) is 48.6 Å². The Hall–Kier alpha value is -1.65. The van der Waals surface area contributed by atoms with Crippen LogP contribution >= 0.6 is 36.2 Å². The van der Waals surface area contributed by atoms with Crippen molar-refractivity contribution in [2.45, 2.75) is 38.8 Å². The van der Waals surface area contributed by atoms with Crippen molar-refractivity contribution in [3.8, 4) is 5.75 Å². The number of phenolic OH excluding ortho intramolecular Hbond substituents is 1. The summed E-state index contributed by atoms with van der Waals surface area (Å²) in [6.45, 7) is 6.62. The first-order chi connectivity index (χ1) is 15.6. The molecule has 3 aromatic rings. The zero-order valence-corrected chi connectivity index (χ0v) is 21.8. The van der Waals surface area contributed by atoms with Crippen LogP contribution in [0.5, 0.6) is 5.75 Å². The third kappa shape index (κ3) is 9.19. The summed E-state index contributed by atoms with van der Waals surface area (Å²) in [6.07, 6.45) is 2.17. The Morgan fingerprint density at radius 2 is 1.88 bits per heavy atom. The van der Waals surface area contributed by atoms with Gasteiger partial charge in [0.05, 0.1) is 10.8 Å². The molecule has 1 unspecified atom stereocenters. The number of ether oxygens (including phenoxy) is 1. The Morgan fingerprint density at radius 3 is 2.68 bits per heavy atom. The van der Waals surface area contributed by atoms with E-state index in [9.17, 15) is 15.0 Å². The topological polar surface area (TPSA) is 107 Å². The number of fused-ring (bicyclic) bond motifs is 1. The van der Waals surface area contributed by atoms with Gasteiger partial charge in [-0.25, -0.2) is 0 Å². The highest BCUT2D eigenvalue weighted by atomic mass is 35.5. The molecule has 0 aliphatic heterocycles. The molecule has 0 saturated carbocycles. The predicted molar refractivity (Wildman–Crippen MR) is 144 cm³/mol. The molecular formula is C24H35Cl2N3O4S. The maximum Gasteiger partial charge on any atom is 0.305 e. The molecule has 1 atom stereocenters. The van der Waals surface area contributed by atoms with Gasteiger partial charge in [0.1, 0.15) is 11.3 Å². The van der Waals surface area contributed by atoms with Gasteiger partial charge in [-0.15, -0.1) is 24.8 Å². The molecule has 0 saturated heterocycles. The van der Waals surface area contributed by atoms with Crippen molar-refractivity contribution in [1.82, 2.24) is 15.6 Å². The van der Waals surface area contributed by atoms with Gasteiger partial charge in [-0.2, -0.15) is 0 Å². The van der Waals surface area contributed by atoms with Crippen molar-refractivity contribution in [3.05, 3.63) is 62.8 Å². The van der Waals surface area contributed by atoms with E-state index in [1.807, 2.05) is 0 Å². The lowest BCUT2D eigenvalue weighted by Crippen LogP contribution is -2.24. The lowest BCUT2D eigenvalue weighted by Gasteiger charge is -2.14. The van der Waals surface area contributed by atoms with Gasteiger partial charge in [-0.3, -0.25) is 4.79 Å². The highest BCUT2D eigenvalue weighted by Crippen LogP contribution is 2.31. The molecule has 5 N–H and O–H groups in total. The number of aliphatic hydroxyl groups is 1. The largest absolute Gasteiger partial charge is 0.506 e. The summed E-state index contributed by atoms with van der Waals surface area (Å²) in [5.41, 5.74) is 3.52.